The van der Waals surface area contributed by atoms with Gasteiger partial charge in [0.1, 0.15) is 0 Å². The van der Waals surface area contributed by atoms with Gasteiger partial charge < -0.3 is 10.4 Å². The molecule has 8 nitrogen and oxygen atoms in total. The highest BCUT2D eigenvalue weighted by atomic mass is 32.2. The first-order chi connectivity index (χ1) is 8.37. The number of nitrogens with one attached hydrogen (secondary N) is 2. The lowest BCUT2D eigenvalue weighted by molar-refractivity contribution is -0.114. The van der Waals surface area contributed by atoms with Gasteiger partial charge in [0.15, 0.2) is 0 Å². The maximum absolute atomic E-state index is 11.9. The molecule has 0 atom stereocenters. The number of aliphatic hydroxyl groups excluding tert-OH is 1. The molecule has 1 aliphatic carbocycles. The van der Waals surface area contributed by atoms with E-state index in [0.717, 1.165) is 11.3 Å². The third-order valence-corrected chi connectivity index (χ3v) is 5.21. The van der Waals surface area contributed by atoms with Gasteiger partial charge in [-0.25, -0.2) is 13.1 Å². The molecule has 1 aromatic heterocycles. The highest BCUT2D eigenvalue weighted by Crippen LogP contribution is 2.36. The minimum atomic E-state index is -3.80. The highest BCUT2D eigenvalue weighted by Gasteiger charge is 2.46. The Balaban J connectivity index is 2.15. The Kier molecular flexibility index (Phi) is 3.36. The van der Waals surface area contributed by atoms with Crippen LogP contribution in [0.2, 0.25) is 0 Å². The summed E-state index contributed by atoms with van der Waals surface area (Å²) in [4.78, 5) is 10.8. The van der Waals surface area contributed by atoms with Crippen LogP contribution in [0.3, 0.4) is 0 Å². The van der Waals surface area contributed by atoms with Crippen molar-refractivity contribution >= 4 is 32.4 Å². The molecular formula is C8H12N4O4S2. The van der Waals surface area contributed by atoms with Gasteiger partial charge in [-0.1, -0.05) is 11.3 Å². The summed E-state index contributed by atoms with van der Waals surface area (Å²) < 4.78 is 26.0. The van der Waals surface area contributed by atoms with Gasteiger partial charge in [-0.15, -0.1) is 10.2 Å². The van der Waals surface area contributed by atoms with E-state index in [4.69, 9.17) is 5.11 Å². The molecular weight excluding hydrogens is 280 g/mol. The first-order valence-electron chi connectivity index (χ1n) is 5.13. The number of nitrogens with zero attached hydrogens (tertiary/aromatic N) is 2. The van der Waals surface area contributed by atoms with Gasteiger partial charge in [0.25, 0.3) is 10.0 Å². The molecule has 18 heavy (non-hydrogen) atoms. The van der Waals surface area contributed by atoms with E-state index < -0.39 is 15.6 Å². The number of aromatic nitrogens is 2. The van der Waals surface area contributed by atoms with Crippen molar-refractivity contribution in [2.24, 2.45) is 0 Å². The number of carbonyl (C=O) groups excluding carboxylic acids is 1. The van der Waals surface area contributed by atoms with Crippen LogP contribution in [-0.2, 0) is 14.8 Å². The largest absolute Gasteiger partial charge is 0.394 e. The topological polar surface area (TPSA) is 121 Å². The van der Waals surface area contributed by atoms with Gasteiger partial charge in [-0.05, 0) is 12.8 Å². The van der Waals surface area contributed by atoms with Gasteiger partial charge in [0, 0.05) is 6.92 Å². The summed E-state index contributed by atoms with van der Waals surface area (Å²) in [5, 5.41) is 18.6. The van der Waals surface area contributed by atoms with Crippen molar-refractivity contribution in [1.82, 2.24) is 14.9 Å². The summed E-state index contributed by atoms with van der Waals surface area (Å²) in [6.45, 7) is 1.04. The predicted molar refractivity (Wildman–Crippen MR) is 63.6 cm³/mol. The molecule has 0 radical (unpaired) electrons. The second kappa shape index (κ2) is 4.53. The van der Waals surface area contributed by atoms with Crippen LogP contribution in [0, 0.1) is 0 Å². The third kappa shape index (κ3) is 2.83. The van der Waals surface area contributed by atoms with E-state index in [1.165, 1.54) is 6.92 Å². The van der Waals surface area contributed by atoms with Crippen LogP contribution < -0.4 is 10.0 Å². The number of hydrogen-bond donors (Lipinski definition) is 3. The molecule has 0 spiro atoms. The van der Waals surface area contributed by atoms with Crippen LogP contribution in [-0.4, -0.2) is 41.8 Å². The number of hydrogen-bond acceptors (Lipinski definition) is 7. The fourth-order valence-electron chi connectivity index (χ4n) is 1.29. The maximum atomic E-state index is 11.9. The van der Waals surface area contributed by atoms with E-state index >= 15 is 0 Å². The monoisotopic (exact) mass is 292 g/mol. The number of carbonyl (C=O) groups is 1. The predicted octanol–water partition coefficient (Wildman–Crippen LogP) is -0.700. The standard InChI is InChI=1S/C8H12N4O4S2/c1-5(14)9-6-10-11-7(17-6)18(15,16)12-8(4-13)2-3-8/h12-13H,2-4H2,1H3,(H,9,10,14). The highest BCUT2D eigenvalue weighted by molar-refractivity contribution is 7.91. The normalized spacial score (nSPS) is 17.4. The van der Waals surface area contributed by atoms with Crippen LogP contribution in [0.4, 0.5) is 5.13 Å². The van der Waals surface area contributed by atoms with Crippen LogP contribution in [0.1, 0.15) is 19.8 Å². The van der Waals surface area contributed by atoms with Crippen LogP contribution in [0.15, 0.2) is 4.34 Å². The Morgan fingerprint density at radius 3 is 2.67 bits per heavy atom. The smallest absolute Gasteiger partial charge is 0.270 e. The van der Waals surface area contributed by atoms with E-state index in [0.29, 0.717) is 12.8 Å². The molecule has 100 valence electrons. The van der Waals surface area contributed by atoms with Crippen molar-refractivity contribution < 1.29 is 18.3 Å². The van der Waals surface area contributed by atoms with E-state index in [1.54, 1.807) is 0 Å². The molecule has 0 unspecified atom stereocenters. The van der Waals surface area contributed by atoms with Gasteiger partial charge in [0.05, 0.1) is 12.1 Å². The number of sulfonamides is 1. The van der Waals surface area contributed by atoms with Crippen molar-refractivity contribution in [1.29, 1.82) is 0 Å². The number of aliphatic hydroxyl groups is 1. The van der Waals surface area contributed by atoms with Crippen molar-refractivity contribution in [3.8, 4) is 0 Å². The molecule has 1 heterocycles. The Bertz CT molecular complexity index is 563. The summed E-state index contributed by atoms with van der Waals surface area (Å²) in [6, 6.07) is 0. The molecule has 0 aromatic carbocycles. The molecule has 0 aliphatic heterocycles. The molecule has 1 aliphatic rings. The molecule has 1 saturated carbocycles. The van der Waals surface area contributed by atoms with Crippen LogP contribution >= 0.6 is 11.3 Å². The average molecular weight is 292 g/mol. The molecule has 1 fully saturated rings. The van der Waals surface area contributed by atoms with Crippen molar-refractivity contribution in [3.63, 3.8) is 0 Å². The van der Waals surface area contributed by atoms with Crippen LogP contribution in [0.5, 0.6) is 0 Å². The van der Waals surface area contributed by atoms with Gasteiger partial charge in [0.2, 0.25) is 15.4 Å². The lowest BCUT2D eigenvalue weighted by Gasteiger charge is -2.12. The summed E-state index contributed by atoms with van der Waals surface area (Å²) >= 11 is 0.761. The molecule has 1 amide bonds. The fraction of sp³-hybridized carbons (Fsp3) is 0.625. The number of amides is 1. The van der Waals surface area contributed by atoms with E-state index in [9.17, 15) is 13.2 Å². The summed E-state index contributed by atoms with van der Waals surface area (Å²) in [5.41, 5.74) is -0.751. The molecule has 1 aromatic rings. The second-order valence-electron chi connectivity index (χ2n) is 4.10. The first-order valence-corrected chi connectivity index (χ1v) is 7.43. The molecule has 0 saturated heterocycles. The second-order valence-corrected chi connectivity index (χ2v) is 6.93. The quantitative estimate of drug-likeness (QED) is 0.617. The third-order valence-electron chi connectivity index (χ3n) is 2.43. The Morgan fingerprint density at radius 1 is 1.50 bits per heavy atom. The van der Waals surface area contributed by atoms with Crippen molar-refractivity contribution in [2.45, 2.75) is 29.6 Å². The summed E-state index contributed by atoms with van der Waals surface area (Å²) in [7, 11) is -3.80. The fourth-order valence-corrected chi connectivity index (χ4v) is 3.69. The van der Waals surface area contributed by atoms with E-state index in [2.05, 4.69) is 20.2 Å². The number of rotatable bonds is 5. The van der Waals surface area contributed by atoms with E-state index in [-0.39, 0.29) is 22.0 Å². The van der Waals surface area contributed by atoms with Crippen LogP contribution in [0.25, 0.3) is 0 Å². The lowest BCUT2D eigenvalue weighted by Crippen LogP contribution is -2.39. The Labute approximate surface area is 107 Å². The lowest BCUT2D eigenvalue weighted by atomic mass is 10.3. The number of anilines is 1. The van der Waals surface area contributed by atoms with Gasteiger partial charge >= 0.3 is 0 Å². The van der Waals surface area contributed by atoms with E-state index in [1.807, 2.05) is 0 Å². The zero-order valence-corrected chi connectivity index (χ0v) is 11.1. The minimum Gasteiger partial charge on any atom is -0.394 e. The van der Waals surface area contributed by atoms with Crippen molar-refractivity contribution in [3.05, 3.63) is 0 Å². The van der Waals surface area contributed by atoms with Crippen molar-refractivity contribution in [2.75, 3.05) is 11.9 Å². The summed E-state index contributed by atoms with van der Waals surface area (Å²) in [5.74, 6) is -0.350. The zero-order chi connectivity index (χ0) is 13.4. The zero-order valence-electron chi connectivity index (χ0n) is 9.50. The minimum absolute atomic E-state index is 0.122. The molecule has 2 rings (SSSR count). The van der Waals surface area contributed by atoms with Gasteiger partial charge in [-0.2, -0.15) is 0 Å². The molecule has 0 bridgehead atoms. The maximum Gasteiger partial charge on any atom is 0.270 e. The SMILES string of the molecule is CC(=O)Nc1nnc(S(=O)(=O)NC2(CO)CC2)s1. The summed E-state index contributed by atoms with van der Waals surface area (Å²) in [6.07, 6.45) is 1.19. The Hall–Kier alpha value is -1.10. The van der Waals surface area contributed by atoms with Gasteiger partial charge in [-0.3, -0.25) is 4.79 Å². The molecule has 3 N–H and O–H groups in total. The Morgan fingerprint density at radius 2 is 2.17 bits per heavy atom. The molecule has 10 heteroatoms. The average Bonchev–Trinajstić information content (AvgIpc) is 2.85. The first kappa shape index (κ1) is 13.3.